The summed E-state index contributed by atoms with van der Waals surface area (Å²) in [5.74, 6) is 0.303. The van der Waals surface area contributed by atoms with Crippen LogP contribution in [0.1, 0.15) is 36.8 Å². The summed E-state index contributed by atoms with van der Waals surface area (Å²) in [4.78, 5) is 12.5. The average molecular weight is 429 g/mol. The summed E-state index contributed by atoms with van der Waals surface area (Å²) in [7, 11) is 0. The molecule has 0 saturated carbocycles. The number of benzene rings is 1. The maximum atomic E-state index is 12.5. The van der Waals surface area contributed by atoms with Gasteiger partial charge in [0.15, 0.2) is 0 Å². The highest BCUT2D eigenvalue weighted by molar-refractivity contribution is 6.31. The van der Waals surface area contributed by atoms with Crippen LogP contribution in [-0.4, -0.2) is 12.6 Å². The third kappa shape index (κ3) is 4.29. The number of furan rings is 1. The first-order chi connectivity index (χ1) is 14.3. The lowest BCUT2D eigenvalue weighted by molar-refractivity contribution is -0.139. The lowest BCUT2D eigenvalue weighted by atomic mass is 9.87. The number of allylic oxidation sites excluding steroid dienone is 2. The van der Waals surface area contributed by atoms with E-state index in [-0.39, 0.29) is 36.0 Å². The predicted octanol–water partition coefficient (Wildman–Crippen LogP) is 4.47. The number of ether oxygens (including phenoxy) is 3. The fraction of sp³-hybridized carbons (Fsp3) is 0.273. The molecule has 0 aliphatic carbocycles. The van der Waals surface area contributed by atoms with Crippen molar-refractivity contribution in [2.75, 3.05) is 6.61 Å². The Hall–Kier alpha value is -3.37. The Bertz CT molecular complexity index is 1080. The second kappa shape index (κ2) is 8.97. The van der Waals surface area contributed by atoms with Gasteiger partial charge in [0.05, 0.1) is 18.1 Å². The van der Waals surface area contributed by atoms with Crippen molar-refractivity contribution in [3.8, 4) is 11.8 Å². The highest BCUT2D eigenvalue weighted by Gasteiger charge is 2.38. The number of carbonyl (C=O) groups is 1. The average Bonchev–Trinajstić information content (AvgIpc) is 3.17. The Labute approximate surface area is 179 Å². The van der Waals surface area contributed by atoms with Crippen molar-refractivity contribution in [3.05, 3.63) is 75.2 Å². The number of carbonyl (C=O) groups excluding carboxylic acids is 1. The summed E-state index contributed by atoms with van der Waals surface area (Å²) >= 11 is 6.03. The molecular weight excluding hydrogens is 408 g/mol. The zero-order valence-electron chi connectivity index (χ0n) is 16.8. The number of nitrogens with two attached hydrogens (primary N) is 1. The third-order valence-electron chi connectivity index (χ3n) is 4.58. The molecule has 1 unspecified atom stereocenters. The molecule has 2 N–H and O–H groups in total. The van der Waals surface area contributed by atoms with E-state index in [1.54, 1.807) is 38.1 Å². The van der Waals surface area contributed by atoms with Crippen LogP contribution in [0.2, 0.25) is 5.02 Å². The Morgan fingerprint density at radius 2 is 2.07 bits per heavy atom. The van der Waals surface area contributed by atoms with Crippen LogP contribution in [0.15, 0.2) is 57.5 Å². The van der Waals surface area contributed by atoms with E-state index in [9.17, 15) is 10.1 Å². The van der Waals surface area contributed by atoms with Gasteiger partial charge in [-0.2, -0.15) is 5.26 Å². The fourth-order valence-corrected chi connectivity index (χ4v) is 3.25. The summed E-state index contributed by atoms with van der Waals surface area (Å²) in [6.07, 6.45) is 0. The minimum atomic E-state index is -0.825. The molecule has 8 heteroatoms. The maximum absolute atomic E-state index is 12.5. The molecule has 3 rings (SSSR count). The first-order valence-electron chi connectivity index (χ1n) is 9.28. The lowest BCUT2D eigenvalue weighted by Gasteiger charge is -2.25. The van der Waals surface area contributed by atoms with E-state index < -0.39 is 11.9 Å². The van der Waals surface area contributed by atoms with Crippen molar-refractivity contribution < 1.29 is 23.4 Å². The first-order valence-corrected chi connectivity index (χ1v) is 9.66. The van der Waals surface area contributed by atoms with Gasteiger partial charge in [0.25, 0.3) is 0 Å². The molecule has 0 spiro atoms. The van der Waals surface area contributed by atoms with Gasteiger partial charge >= 0.3 is 5.97 Å². The van der Waals surface area contributed by atoms with Crippen LogP contribution < -0.4 is 10.5 Å². The van der Waals surface area contributed by atoms with E-state index >= 15 is 0 Å². The molecule has 1 atom stereocenters. The van der Waals surface area contributed by atoms with Crippen LogP contribution >= 0.6 is 11.6 Å². The molecule has 30 heavy (non-hydrogen) atoms. The van der Waals surface area contributed by atoms with Crippen LogP contribution in [0.3, 0.4) is 0 Å². The summed E-state index contributed by atoms with van der Waals surface area (Å²) in [5, 5.41) is 10.3. The summed E-state index contributed by atoms with van der Waals surface area (Å²) in [5.41, 5.74) is 7.04. The Balaban J connectivity index is 1.87. The number of hydrogen-bond acceptors (Lipinski definition) is 7. The van der Waals surface area contributed by atoms with E-state index in [4.69, 9.17) is 36.0 Å². The SMILES string of the molecule is CCOC(=O)C1=C(C)OC(N)=C(C#N)C1c1ccc(COc2ccc(Cl)c(C)c2)o1. The van der Waals surface area contributed by atoms with Crippen LogP contribution in [0.4, 0.5) is 0 Å². The minimum absolute atomic E-state index is 0.0705. The van der Waals surface area contributed by atoms with E-state index in [0.29, 0.717) is 22.3 Å². The number of esters is 1. The van der Waals surface area contributed by atoms with Crippen LogP contribution in [-0.2, 0) is 20.9 Å². The van der Waals surface area contributed by atoms with E-state index in [2.05, 4.69) is 0 Å². The largest absolute Gasteiger partial charge is 0.486 e. The van der Waals surface area contributed by atoms with Gasteiger partial charge in [-0.15, -0.1) is 0 Å². The van der Waals surface area contributed by atoms with Gasteiger partial charge in [0, 0.05) is 5.02 Å². The monoisotopic (exact) mass is 428 g/mol. The zero-order chi connectivity index (χ0) is 21.8. The molecular formula is C22H21ClN2O5. The van der Waals surface area contributed by atoms with Gasteiger partial charge in [-0.05, 0) is 56.7 Å². The number of rotatable bonds is 6. The van der Waals surface area contributed by atoms with Gasteiger partial charge in [-0.1, -0.05) is 11.6 Å². The highest BCUT2D eigenvalue weighted by atomic mass is 35.5. The van der Waals surface area contributed by atoms with Crippen molar-refractivity contribution in [3.63, 3.8) is 0 Å². The van der Waals surface area contributed by atoms with Gasteiger partial charge in [0.2, 0.25) is 5.88 Å². The quantitative estimate of drug-likeness (QED) is 0.676. The number of hydrogen-bond donors (Lipinski definition) is 1. The van der Waals surface area contributed by atoms with Gasteiger partial charge < -0.3 is 24.4 Å². The summed E-state index contributed by atoms with van der Waals surface area (Å²) in [6.45, 7) is 5.51. The molecule has 0 amide bonds. The van der Waals surface area contributed by atoms with E-state index in [1.165, 1.54) is 0 Å². The molecule has 1 aromatic carbocycles. The van der Waals surface area contributed by atoms with Crippen molar-refractivity contribution in [2.24, 2.45) is 5.73 Å². The van der Waals surface area contributed by atoms with Crippen molar-refractivity contribution in [2.45, 2.75) is 33.3 Å². The standard InChI is InChI=1S/C22H21ClN2O5/c1-4-27-22(26)19-13(3)29-21(25)16(10-24)20(19)18-8-6-15(30-18)11-28-14-5-7-17(23)12(2)9-14/h5-9,20H,4,11,25H2,1-3H3. The number of nitrogens with zero attached hydrogens (tertiary/aromatic N) is 1. The number of aryl methyl sites for hydroxylation is 1. The third-order valence-corrected chi connectivity index (χ3v) is 5.00. The Kier molecular flexibility index (Phi) is 6.38. The van der Waals surface area contributed by atoms with Crippen molar-refractivity contribution >= 4 is 17.6 Å². The molecule has 156 valence electrons. The molecule has 0 bridgehead atoms. The smallest absolute Gasteiger partial charge is 0.338 e. The lowest BCUT2D eigenvalue weighted by Crippen LogP contribution is -2.25. The Morgan fingerprint density at radius 3 is 2.73 bits per heavy atom. The first kappa shape index (κ1) is 21.3. The van der Waals surface area contributed by atoms with Crippen molar-refractivity contribution in [1.29, 1.82) is 5.26 Å². The van der Waals surface area contributed by atoms with Crippen LogP contribution in [0, 0.1) is 18.3 Å². The second-order valence-corrected chi connectivity index (χ2v) is 7.03. The zero-order valence-corrected chi connectivity index (χ0v) is 17.6. The van der Waals surface area contributed by atoms with E-state index in [0.717, 1.165) is 5.56 Å². The van der Waals surface area contributed by atoms with Crippen LogP contribution in [0.5, 0.6) is 5.75 Å². The van der Waals surface area contributed by atoms with Gasteiger partial charge in [-0.3, -0.25) is 0 Å². The molecule has 0 fully saturated rings. The molecule has 0 radical (unpaired) electrons. The molecule has 1 aliphatic heterocycles. The predicted molar refractivity (Wildman–Crippen MR) is 109 cm³/mol. The van der Waals surface area contributed by atoms with E-state index in [1.807, 2.05) is 19.1 Å². The van der Waals surface area contributed by atoms with Crippen molar-refractivity contribution in [1.82, 2.24) is 0 Å². The highest BCUT2D eigenvalue weighted by Crippen LogP contribution is 2.40. The normalized spacial score (nSPS) is 16.2. The molecule has 2 heterocycles. The maximum Gasteiger partial charge on any atom is 0.338 e. The van der Waals surface area contributed by atoms with Gasteiger partial charge in [-0.25, -0.2) is 4.79 Å². The molecule has 1 aliphatic rings. The summed E-state index contributed by atoms with van der Waals surface area (Å²) < 4.78 is 22.2. The van der Waals surface area contributed by atoms with Gasteiger partial charge in [0.1, 0.15) is 41.3 Å². The second-order valence-electron chi connectivity index (χ2n) is 6.62. The molecule has 1 aromatic heterocycles. The molecule has 0 saturated heterocycles. The van der Waals surface area contributed by atoms with Crippen LogP contribution in [0.25, 0.3) is 0 Å². The Morgan fingerprint density at radius 1 is 1.30 bits per heavy atom. The topological polar surface area (TPSA) is 108 Å². The summed E-state index contributed by atoms with van der Waals surface area (Å²) in [6, 6.07) is 10.8. The molecule has 2 aromatic rings. The number of nitriles is 1. The minimum Gasteiger partial charge on any atom is -0.486 e. The number of halogens is 1. The fourth-order valence-electron chi connectivity index (χ4n) is 3.13. The molecule has 7 nitrogen and oxygen atoms in total.